The molecule has 0 bridgehead atoms. The number of alkyl halides is 3. The van der Waals surface area contributed by atoms with Crippen molar-refractivity contribution in [2.24, 2.45) is 5.41 Å². The Kier molecular flexibility index (Phi) is 7.14. The van der Waals surface area contributed by atoms with Crippen LogP contribution < -0.4 is 5.32 Å². The molecule has 0 aliphatic heterocycles. The first-order valence-electron chi connectivity index (χ1n) is 12.7. The molecule has 0 fully saturated rings. The van der Waals surface area contributed by atoms with Gasteiger partial charge in [-0.15, -0.1) is 11.3 Å². The first-order valence-corrected chi connectivity index (χ1v) is 13.5. The Morgan fingerprint density at radius 2 is 1.50 bits per heavy atom. The molecule has 0 spiro atoms. The number of allylic oxidation sites excluding steroid dienone is 2. The molecule has 1 aliphatic rings. The maximum atomic E-state index is 14.1. The number of aliphatic hydroxyl groups excluding tert-OH is 1. The zero-order chi connectivity index (χ0) is 28.7. The molecule has 5 rings (SSSR count). The minimum atomic E-state index is -4.54. The van der Waals surface area contributed by atoms with Crippen molar-refractivity contribution < 1.29 is 27.9 Å². The summed E-state index contributed by atoms with van der Waals surface area (Å²) in [6.07, 6.45) is -4.02. The number of hydrogen-bond acceptors (Lipinski definition) is 5. The number of nitrogens with one attached hydrogen (secondary N) is 1. The summed E-state index contributed by atoms with van der Waals surface area (Å²) in [5, 5.41) is 14.8. The lowest BCUT2D eigenvalue weighted by molar-refractivity contribution is -0.137. The van der Waals surface area contributed by atoms with Crippen LogP contribution in [0.15, 0.2) is 90.7 Å². The summed E-state index contributed by atoms with van der Waals surface area (Å²) in [6.45, 7) is 3.82. The molecule has 3 aromatic carbocycles. The van der Waals surface area contributed by atoms with Crippen LogP contribution in [0.3, 0.4) is 0 Å². The molecule has 40 heavy (non-hydrogen) atoms. The van der Waals surface area contributed by atoms with E-state index in [1.807, 2.05) is 50.2 Å². The van der Waals surface area contributed by atoms with Crippen LogP contribution >= 0.6 is 11.3 Å². The first-order chi connectivity index (χ1) is 18.9. The predicted molar refractivity (Wildman–Crippen MR) is 152 cm³/mol. The van der Waals surface area contributed by atoms with E-state index in [-0.39, 0.29) is 34.7 Å². The van der Waals surface area contributed by atoms with Crippen molar-refractivity contribution in [3.8, 4) is 11.1 Å². The highest BCUT2D eigenvalue weighted by molar-refractivity contribution is 7.18. The van der Waals surface area contributed by atoms with Gasteiger partial charge in [-0.3, -0.25) is 9.59 Å². The maximum absolute atomic E-state index is 14.1. The van der Waals surface area contributed by atoms with Crippen molar-refractivity contribution in [1.82, 2.24) is 0 Å². The second-order valence-corrected chi connectivity index (χ2v) is 11.6. The molecule has 8 heteroatoms. The Bertz CT molecular complexity index is 1600. The van der Waals surface area contributed by atoms with Crippen molar-refractivity contribution in [2.45, 2.75) is 32.9 Å². The van der Waals surface area contributed by atoms with Crippen molar-refractivity contribution >= 4 is 39.2 Å². The van der Waals surface area contributed by atoms with Crippen molar-refractivity contribution in [3.05, 3.63) is 112 Å². The highest BCUT2D eigenvalue weighted by atomic mass is 32.1. The lowest BCUT2D eigenvalue weighted by Crippen LogP contribution is -2.25. The number of thiophene rings is 1. The second kappa shape index (κ2) is 10.4. The van der Waals surface area contributed by atoms with Gasteiger partial charge in [-0.25, -0.2) is 0 Å². The molecule has 1 aliphatic carbocycles. The Morgan fingerprint density at radius 3 is 2.08 bits per heavy atom. The Morgan fingerprint density at radius 1 is 0.900 bits per heavy atom. The SMILES string of the molecule is CC1(C)CC(=O)C(c2sc(Nc3ccccc3)c(C(=O)c3ccc(C(F)(F)F)cc3)c2-c2ccccc2)=C(O)C1. The Balaban J connectivity index is 1.76. The second-order valence-electron chi connectivity index (χ2n) is 10.5. The number of Topliss-reactive ketones (excluding diaryl/α,β-unsaturated/α-hetero) is 1. The Labute approximate surface area is 233 Å². The minimum Gasteiger partial charge on any atom is -0.511 e. The van der Waals surface area contributed by atoms with Gasteiger partial charge in [0.05, 0.1) is 21.6 Å². The van der Waals surface area contributed by atoms with Gasteiger partial charge in [0.2, 0.25) is 0 Å². The van der Waals surface area contributed by atoms with Crippen LogP contribution in [0.1, 0.15) is 53.1 Å². The normalized spacial score (nSPS) is 15.3. The van der Waals surface area contributed by atoms with Gasteiger partial charge in [-0.2, -0.15) is 13.2 Å². The van der Waals surface area contributed by atoms with E-state index in [4.69, 9.17) is 0 Å². The molecule has 204 valence electrons. The number of rotatable bonds is 6. The molecule has 0 saturated heterocycles. The molecule has 0 atom stereocenters. The molecular formula is C32H26F3NO3S. The fraction of sp³-hybridized carbons (Fsp3) is 0.188. The summed E-state index contributed by atoms with van der Waals surface area (Å²) in [7, 11) is 0. The van der Waals surface area contributed by atoms with Crippen LogP contribution in [0.4, 0.5) is 23.9 Å². The third-order valence-corrected chi connectivity index (χ3v) is 7.91. The number of carbonyl (C=O) groups is 2. The van der Waals surface area contributed by atoms with E-state index >= 15 is 0 Å². The number of ketones is 2. The van der Waals surface area contributed by atoms with E-state index in [1.165, 1.54) is 11.3 Å². The third kappa shape index (κ3) is 5.45. The van der Waals surface area contributed by atoms with Gasteiger partial charge in [-0.1, -0.05) is 74.5 Å². The van der Waals surface area contributed by atoms with E-state index in [0.717, 1.165) is 24.3 Å². The van der Waals surface area contributed by atoms with Crippen molar-refractivity contribution in [1.29, 1.82) is 0 Å². The molecule has 1 aromatic heterocycles. The number of anilines is 2. The largest absolute Gasteiger partial charge is 0.511 e. The average Bonchev–Trinajstić information content (AvgIpc) is 3.26. The maximum Gasteiger partial charge on any atom is 0.416 e. The summed E-state index contributed by atoms with van der Waals surface area (Å²) in [5.74, 6) is -0.774. The van der Waals surface area contributed by atoms with Gasteiger partial charge in [-0.05, 0) is 35.2 Å². The molecule has 0 unspecified atom stereocenters. The lowest BCUT2D eigenvalue weighted by Gasteiger charge is -2.29. The summed E-state index contributed by atoms with van der Waals surface area (Å²) in [5.41, 5.74) is 0.959. The van der Waals surface area contributed by atoms with E-state index in [1.54, 1.807) is 24.3 Å². The van der Waals surface area contributed by atoms with Crippen LogP contribution in [0.25, 0.3) is 16.7 Å². The summed E-state index contributed by atoms with van der Waals surface area (Å²) >= 11 is 1.17. The van der Waals surface area contributed by atoms with E-state index in [0.29, 0.717) is 33.1 Å². The molecule has 2 N–H and O–H groups in total. The van der Waals surface area contributed by atoms with Crippen molar-refractivity contribution in [2.75, 3.05) is 5.32 Å². The predicted octanol–water partition coefficient (Wildman–Crippen LogP) is 9.07. The van der Waals surface area contributed by atoms with Gasteiger partial charge < -0.3 is 10.4 Å². The van der Waals surface area contributed by atoms with Crippen LogP contribution in [0.5, 0.6) is 0 Å². The zero-order valence-corrected chi connectivity index (χ0v) is 22.6. The van der Waals surface area contributed by atoms with E-state index in [2.05, 4.69) is 5.32 Å². The summed E-state index contributed by atoms with van der Waals surface area (Å²) in [4.78, 5) is 28.0. The Hall–Kier alpha value is -4.17. The molecule has 4 nitrogen and oxygen atoms in total. The quantitative estimate of drug-likeness (QED) is 0.231. The molecule has 1 heterocycles. The molecule has 0 amide bonds. The van der Waals surface area contributed by atoms with Gasteiger partial charge in [0, 0.05) is 29.7 Å². The number of carbonyl (C=O) groups excluding carboxylic acids is 2. The van der Waals surface area contributed by atoms with Crippen LogP contribution in [0.2, 0.25) is 0 Å². The zero-order valence-electron chi connectivity index (χ0n) is 21.8. The van der Waals surface area contributed by atoms with Crippen molar-refractivity contribution in [3.63, 3.8) is 0 Å². The molecular weight excluding hydrogens is 535 g/mol. The molecule has 0 radical (unpaired) electrons. The smallest absolute Gasteiger partial charge is 0.416 e. The first kappa shape index (κ1) is 27.4. The minimum absolute atomic E-state index is 0.0422. The van der Waals surface area contributed by atoms with Crippen LogP contribution in [-0.2, 0) is 11.0 Å². The van der Waals surface area contributed by atoms with Crippen LogP contribution in [-0.4, -0.2) is 16.7 Å². The molecule has 4 aromatic rings. The lowest BCUT2D eigenvalue weighted by atomic mass is 9.75. The number of aliphatic hydroxyl groups is 1. The summed E-state index contributed by atoms with van der Waals surface area (Å²) < 4.78 is 39.7. The average molecular weight is 562 g/mol. The highest BCUT2D eigenvalue weighted by Crippen LogP contribution is 2.49. The number of para-hydroxylation sites is 1. The topological polar surface area (TPSA) is 66.4 Å². The molecule has 0 saturated carbocycles. The highest BCUT2D eigenvalue weighted by Gasteiger charge is 2.38. The van der Waals surface area contributed by atoms with Crippen LogP contribution in [0, 0.1) is 5.41 Å². The van der Waals surface area contributed by atoms with Gasteiger partial charge in [0.15, 0.2) is 11.6 Å². The van der Waals surface area contributed by atoms with Gasteiger partial charge >= 0.3 is 6.18 Å². The fourth-order valence-corrected chi connectivity index (χ4v) is 6.27. The third-order valence-electron chi connectivity index (χ3n) is 6.78. The monoisotopic (exact) mass is 561 g/mol. The number of halogens is 3. The van der Waals surface area contributed by atoms with Gasteiger partial charge in [0.25, 0.3) is 0 Å². The number of hydrogen-bond donors (Lipinski definition) is 2. The van der Waals surface area contributed by atoms with Gasteiger partial charge in [0.1, 0.15) is 10.8 Å². The fourth-order valence-electron chi connectivity index (χ4n) is 4.95. The number of benzene rings is 3. The standard InChI is InChI=1S/C32H26F3NO3S/c1-31(2)17-23(37)26(24(38)18-31)29-25(19-9-5-3-6-10-19)27(30(40-29)36-22-11-7-4-8-12-22)28(39)20-13-15-21(16-14-20)32(33,34)35/h3-16,36-37H,17-18H2,1-2H3. The summed E-state index contributed by atoms with van der Waals surface area (Å²) in [6, 6.07) is 22.2. The van der Waals surface area contributed by atoms with E-state index in [9.17, 15) is 27.9 Å². The van der Waals surface area contributed by atoms with E-state index < -0.39 is 22.9 Å².